The second kappa shape index (κ2) is 6.93. The molecule has 2 aromatic rings. The standard InChI is InChI=1S/C18H22N2O/c1-13(2)15-9-11-17(12-10-15)19-14(3)18(21)20-16-7-5-4-6-8-16/h4-14,19H,1-3H3,(H,20,21)/t14-/m0/s1. The molecule has 3 nitrogen and oxygen atoms in total. The van der Waals surface area contributed by atoms with E-state index >= 15 is 0 Å². The van der Waals surface area contributed by atoms with E-state index in [0.717, 1.165) is 11.4 Å². The molecule has 0 saturated carbocycles. The molecule has 0 heterocycles. The fraction of sp³-hybridized carbons (Fsp3) is 0.278. The molecule has 2 aromatic carbocycles. The minimum Gasteiger partial charge on any atom is -0.374 e. The number of hydrogen-bond acceptors (Lipinski definition) is 2. The van der Waals surface area contributed by atoms with E-state index < -0.39 is 0 Å². The van der Waals surface area contributed by atoms with E-state index in [9.17, 15) is 4.79 Å². The maximum absolute atomic E-state index is 12.1. The normalized spacial score (nSPS) is 12.0. The number of anilines is 2. The van der Waals surface area contributed by atoms with Gasteiger partial charge in [-0.15, -0.1) is 0 Å². The smallest absolute Gasteiger partial charge is 0.246 e. The molecule has 0 aliphatic heterocycles. The Labute approximate surface area is 126 Å². The Balaban J connectivity index is 1.94. The summed E-state index contributed by atoms with van der Waals surface area (Å²) < 4.78 is 0. The number of carbonyl (C=O) groups excluding carboxylic acids is 1. The van der Waals surface area contributed by atoms with E-state index in [1.165, 1.54) is 5.56 Å². The van der Waals surface area contributed by atoms with E-state index in [1.54, 1.807) is 0 Å². The Bertz CT molecular complexity index is 576. The summed E-state index contributed by atoms with van der Waals surface area (Å²) in [5.41, 5.74) is 3.06. The van der Waals surface area contributed by atoms with E-state index in [4.69, 9.17) is 0 Å². The van der Waals surface area contributed by atoms with Crippen LogP contribution in [-0.4, -0.2) is 11.9 Å². The predicted molar refractivity (Wildman–Crippen MR) is 88.7 cm³/mol. The highest BCUT2D eigenvalue weighted by atomic mass is 16.2. The van der Waals surface area contributed by atoms with Gasteiger partial charge in [0.25, 0.3) is 0 Å². The Morgan fingerprint density at radius 3 is 2.05 bits per heavy atom. The number of rotatable bonds is 5. The zero-order chi connectivity index (χ0) is 15.2. The minimum atomic E-state index is -0.296. The number of carbonyl (C=O) groups is 1. The highest BCUT2D eigenvalue weighted by Gasteiger charge is 2.12. The molecule has 0 radical (unpaired) electrons. The second-order valence-corrected chi connectivity index (χ2v) is 5.50. The van der Waals surface area contributed by atoms with Crippen LogP contribution < -0.4 is 10.6 Å². The summed E-state index contributed by atoms with van der Waals surface area (Å²) in [4.78, 5) is 12.1. The summed E-state index contributed by atoms with van der Waals surface area (Å²) >= 11 is 0. The molecule has 2 rings (SSSR count). The molecule has 21 heavy (non-hydrogen) atoms. The minimum absolute atomic E-state index is 0.0471. The Morgan fingerprint density at radius 1 is 0.857 bits per heavy atom. The van der Waals surface area contributed by atoms with Gasteiger partial charge in [-0.05, 0) is 42.7 Å². The lowest BCUT2D eigenvalue weighted by molar-refractivity contribution is -0.116. The summed E-state index contributed by atoms with van der Waals surface area (Å²) in [7, 11) is 0. The summed E-state index contributed by atoms with van der Waals surface area (Å²) in [5, 5.41) is 6.11. The first kappa shape index (κ1) is 15.1. The molecule has 2 N–H and O–H groups in total. The zero-order valence-corrected chi connectivity index (χ0v) is 12.8. The largest absolute Gasteiger partial charge is 0.374 e. The molecule has 0 bridgehead atoms. The molecule has 0 saturated heterocycles. The van der Waals surface area contributed by atoms with Gasteiger partial charge in [-0.25, -0.2) is 0 Å². The summed E-state index contributed by atoms with van der Waals surface area (Å²) in [6.45, 7) is 6.19. The molecule has 1 amide bonds. The third kappa shape index (κ3) is 4.35. The molecule has 0 fully saturated rings. The van der Waals surface area contributed by atoms with E-state index in [0.29, 0.717) is 5.92 Å². The van der Waals surface area contributed by atoms with Gasteiger partial charge in [-0.1, -0.05) is 44.2 Å². The van der Waals surface area contributed by atoms with Gasteiger partial charge in [-0.3, -0.25) is 4.79 Å². The second-order valence-electron chi connectivity index (χ2n) is 5.50. The lowest BCUT2D eigenvalue weighted by Crippen LogP contribution is -2.31. The van der Waals surface area contributed by atoms with Gasteiger partial charge in [0.15, 0.2) is 0 Å². The summed E-state index contributed by atoms with van der Waals surface area (Å²) in [5.74, 6) is 0.465. The quantitative estimate of drug-likeness (QED) is 0.860. The van der Waals surface area contributed by atoms with E-state index in [1.807, 2.05) is 49.4 Å². The fourth-order valence-electron chi connectivity index (χ4n) is 2.05. The van der Waals surface area contributed by atoms with Gasteiger partial charge in [0.1, 0.15) is 6.04 Å². The Morgan fingerprint density at radius 2 is 1.48 bits per heavy atom. The van der Waals surface area contributed by atoms with Gasteiger partial charge in [-0.2, -0.15) is 0 Å². The van der Waals surface area contributed by atoms with Gasteiger partial charge >= 0.3 is 0 Å². The first-order valence-electron chi connectivity index (χ1n) is 7.28. The van der Waals surface area contributed by atoms with Crippen LogP contribution >= 0.6 is 0 Å². The summed E-state index contributed by atoms with van der Waals surface area (Å²) in [6, 6.07) is 17.4. The molecular formula is C18H22N2O. The van der Waals surface area contributed by atoms with Crippen LogP contribution in [0.3, 0.4) is 0 Å². The molecule has 0 aliphatic rings. The van der Waals surface area contributed by atoms with Crippen LogP contribution in [0, 0.1) is 0 Å². The first-order valence-corrected chi connectivity index (χ1v) is 7.28. The van der Waals surface area contributed by atoms with Gasteiger partial charge in [0.2, 0.25) is 5.91 Å². The zero-order valence-electron chi connectivity index (χ0n) is 12.8. The van der Waals surface area contributed by atoms with E-state index in [-0.39, 0.29) is 11.9 Å². The predicted octanol–water partition coefficient (Wildman–Crippen LogP) is 4.25. The lowest BCUT2D eigenvalue weighted by atomic mass is 10.0. The third-order valence-electron chi connectivity index (χ3n) is 3.40. The number of benzene rings is 2. The number of para-hydroxylation sites is 1. The maximum Gasteiger partial charge on any atom is 0.246 e. The molecule has 110 valence electrons. The lowest BCUT2D eigenvalue weighted by Gasteiger charge is -2.16. The molecule has 0 unspecified atom stereocenters. The van der Waals surface area contributed by atoms with Gasteiger partial charge < -0.3 is 10.6 Å². The highest BCUT2D eigenvalue weighted by Crippen LogP contribution is 2.18. The van der Waals surface area contributed by atoms with Crippen LogP contribution in [0.1, 0.15) is 32.3 Å². The monoisotopic (exact) mass is 282 g/mol. The van der Waals surface area contributed by atoms with Crippen molar-refractivity contribution in [3.8, 4) is 0 Å². The van der Waals surface area contributed by atoms with Crippen molar-refractivity contribution in [2.45, 2.75) is 32.7 Å². The van der Waals surface area contributed by atoms with Crippen molar-refractivity contribution < 1.29 is 4.79 Å². The first-order chi connectivity index (χ1) is 10.1. The van der Waals surface area contributed by atoms with Crippen LogP contribution in [0.4, 0.5) is 11.4 Å². The van der Waals surface area contributed by atoms with Crippen molar-refractivity contribution in [3.05, 3.63) is 60.2 Å². The average molecular weight is 282 g/mol. The van der Waals surface area contributed by atoms with Crippen LogP contribution in [-0.2, 0) is 4.79 Å². The van der Waals surface area contributed by atoms with E-state index in [2.05, 4.69) is 36.6 Å². The molecule has 1 atom stereocenters. The van der Waals surface area contributed by atoms with Crippen molar-refractivity contribution in [2.75, 3.05) is 10.6 Å². The van der Waals surface area contributed by atoms with Crippen LogP contribution in [0.15, 0.2) is 54.6 Å². The molecule has 0 aromatic heterocycles. The number of hydrogen-bond donors (Lipinski definition) is 2. The van der Waals surface area contributed by atoms with Crippen molar-refractivity contribution in [3.63, 3.8) is 0 Å². The maximum atomic E-state index is 12.1. The van der Waals surface area contributed by atoms with Crippen molar-refractivity contribution >= 4 is 17.3 Å². The third-order valence-corrected chi connectivity index (χ3v) is 3.40. The molecule has 0 aliphatic carbocycles. The topological polar surface area (TPSA) is 41.1 Å². The highest BCUT2D eigenvalue weighted by molar-refractivity contribution is 5.96. The molecule has 3 heteroatoms. The number of nitrogens with one attached hydrogen (secondary N) is 2. The fourth-order valence-corrected chi connectivity index (χ4v) is 2.05. The van der Waals surface area contributed by atoms with Gasteiger partial charge in [0.05, 0.1) is 0 Å². The summed E-state index contributed by atoms with van der Waals surface area (Å²) in [6.07, 6.45) is 0. The van der Waals surface area contributed by atoms with Crippen molar-refractivity contribution in [1.82, 2.24) is 0 Å². The van der Waals surface area contributed by atoms with Crippen LogP contribution in [0.2, 0.25) is 0 Å². The van der Waals surface area contributed by atoms with Gasteiger partial charge in [0, 0.05) is 11.4 Å². The SMILES string of the molecule is CC(C)c1ccc(N[C@@H](C)C(=O)Nc2ccccc2)cc1. The molecular weight excluding hydrogens is 260 g/mol. The number of amides is 1. The van der Waals surface area contributed by atoms with Crippen molar-refractivity contribution in [2.24, 2.45) is 0 Å². The molecule has 0 spiro atoms. The van der Waals surface area contributed by atoms with Crippen LogP contribution in [0.25, 0.3) is 0 Å². The Hall–Kier alpha value is -2.29. The van der Waals surface area contributed by atoms with Crippen LogP contribution in [0.5, 0.6) is 0 Å². The van der Waals surface area contributed by atoms with Crippen molar-refractivity contribution in [1.29, 1.82) is 0 Å². The average Bonchev–Trinajstić information content (AvgIpc) is 2.48. The Kier molecular flexibility index (Phi) is 4.99.